The largest absolute Gasteiger partial charge is 0.493 e. The first-order valence-electron chi connectivity index (χ1n) is 10.5. The number of thiophene rings is 1. The number of carbonyl (C=O) groups is 1. The third-order valence-corrected chi connectivity index (χ3v) is 6.57. The average molecular weight is 456 g/mol. The minimum absolute atomic E-state index is 0.0625. The van der Waals surface area contributed by atoms with Crippen LogP contribution in [-0.2, 0) is 24.2 Å². The molecule has 7 heteroatoms. The van der Waals surface area contributed by atoms with E-state index in [9.17, 15) is 15.3 Å². The number of fused-ring (bicyclic) bond motifs is 1. The smallest absolute Gasteiger partial charge is 0.266 e. The van der Waals surface area contributed by atoms with Crippen molar-refractivity contribution in [3.05, 3.63) is 81.2 Å². The number of anilines is 1. The summed E-state index contributed by atoms with van der Waals surface area (Å²) in [4.78, 5) is 13.9. The Bertz CT molecular complexity index is 1300. The van der Waals surface area contributed by atoms with Crippen LogP contribution in [0.5, 0.6) is 11.5 Å². The van der Waals surface area contributed by atoms with Crippen LogP contribution in [0, 0.1) is 22.7 Å². The summed E-state index contributed by atoms with van der Waals surface area (Å²) < 4.78 is 11.3. The van der Waals surface area contributed by atoms with E-state index < -0.39 is 5.91 Å². The van der Waals surface area contributed by atoms with Crippen molar-refractivity contribution >= 4 is 28.3 Å². The Morgan fingerprint density at radius 2 is 1.97 bits per heavy atom. The van der Waals surface area contributed by atoms with Crippen LogP contribution in [0.3, 0.4) is 0 Å². The van der Waals surface area contributed by atoms with E-state index in [1.165, 1.54) is 24.5 Å². The topological polar surface area (TPSA) is 95.1 Å². The predicted octanol–water partition coefficient (Wildman–Crippen LogP) is 5.24. The molecule has 0 fully saturated rings. The van der Waals surface area contributed by atoms with E-state index >= 15 is 0 Å². The van der Waals surface area contributed by atoms with Gasteiger partial charge in [-0.2, -0.15) is 10.5 Å². The van der Waals surface area contributed by atoms with Crippen LogP contribution < -0.4 is 14.8 Å². The molecule has 164 valence electrons. The van der Waals surface area contributed by atoms with E-state index in [0.717, 1.165) is 35.3 Å². The molecule has 0 bridgehead atoms. The average Bonchev–Trinajstić information content (AvgIpc) is 3.42. The Balaban J connectivity index is 1.51. The van der Waals surface area contributed by atoms with Crippen molar-refractivity contribution in [1.82, 2.24) is 0 Å². The molecular weight excluding hydrogens is 434 g/mol. The van der Waals surface area contributed by atoms with Gasteiger partial charge < -0.3 is 14.8 Å². The molecule has 6 nitrogen and oxygen atoms in total. The third kappa shape index (κ3) is 4.90. The van der Waals surface area contributed by atoms with Gasteiger partial charge in [0.05, 0.1) is 12.7 Å². The van der Waals surface area contributed by atoms with E-state index in [-0.39, 0.29) is 5.57 Å². The SMILES string of the molecule is COc1cc(/C=C(\C#N)C(=O)Nc2sc3c(c2C#N)CCC3)ccc1OCc1ccccc1. The van der Waals surface area contributed by atoms with Crippen LogP contribution in [0.25, 0.3) is 6.08 Å². The summed E-state index contributed by atoms with van der Waals surface area (Å²) in [7, 11) is 1.54. The van der Waals surface area contributed by atoms with Crippen molar-refractivity contribution in [2.45, 2.75) is 25.9 Å². The monoisotopic (exact) mass is 455 g/mol. The Morgan fingerprint density at radius 3 is 2.70 bits per heavy atom. The zero-order chi connectivity index (χ0) is 23.2. The Morgan fingerprint density at radius 1 is 1.15 bits per heavy atom. The number of nitriles is 2. The minimum atomic E-state index is -0.544. The van der Waals surface area contributed by atoms with Crippen molar-refractivity contribution in [3.8, 4) is 23.6 Å². The van der Waals surface area contributed by atoms with Crippen LogP contribution in [0.15, 0.2) is 54.1 Å². The second-order valence-electron chi connectivity index (χ2n) is 7.48. The van der Waals surface area contributed by atoms with Gasteiger partial charge in [0, 0.05) is 4.88 Å². The minimum Gasteiger partial charge on any atom is -0.493 e. The van der Waals surface area contributed by atoms with Crippen molar-refractivity contribution in [3.63, 3.8) is 0 Å². The number of rotatable bonds is 7. The number of hydrogen-bond donors (Lipinski definition) is 1. The lowest BCUT2D eigenvalue weighted by atomic mass is 10.1. The first-order valence-corrected chi connectivity index (χ1v) is 11.3. The molecule has 33 heavy (non-hydrogen) atoms. The summed E-state index contributed by atoms with van der Waals surface area (Å²) in [5, 5.41) is 22.4. The summed E-state index contributed by atoms with van der Waals surface area (Å²) >= 11 is 1.42. The van der Waals surface area contributed by atoms with E-state index in [0.29, 0.717) is 34.2 Å². The van der Waals surface area contributed by atoms with Gasteiger partial charge in [0.1, 0.15) is 29.3 Å². The van der Waals surface area contributed by atoms with Crippen molar-refractivity contribution in [1.29, 1.82) is 10.5 Å². The van der Waals surface area contributed by atoms with Crippen LogP contribution in [0.4, 0.5) is 5.00 Å². The molecule has 4 rings (SSSR count). The van der Waals surface area contributed by atoms with Crippen LogP contribution in [0.2, 0.25) is 0 Å². The number of carbonyl (C=O) groups excluding carboxylic acids is 1. The van der Waals surface area contributed by atoms with Crippen molar-refractivity contribution in [2.75, 3.05) is 12.4 Å². The second kappa shape index (κ2) is 10.0. The molecular formula is C26H21N3O3S. The molecule has 0 atom stereocenters. The molecule has 1 amide bonds. The summed E-state index contributed by atoms with van der Waals surface area (Å²) in [6.45, 7) is 0.393. The van der Waals surface area contributed by atoms with Gasteiger partial charge in [0.25, 0.3) is 5.91 Å². The van der Waals surface area contributed by atoms with Gasteiger partial charge >= 0.3 is 0 Å². The standard InChI is InChI=1S/C26H21N3O3S/c1-31-23-13-18(10-11-22(23)32-16-17-6-3-2-4-7-17)12-19(14-27)25(30)29-26-21(15-28)20-8-5-9-24(20)33-26/h2-4,6-7,10-13H,5,8-9,16H2,1H3,(H,29,30)/b19-12+. The molecule has 0 aliphatic heterocycles. The number of nitrogens with zero attached hydrogens (tertiary/aromatic N) is 2. The number of nitrogens with one attached hydrogen (secondary N) is 1. The van der Waals surface area contributed by atoms with Gasteiger partial charge in [-0.3, -0.25) is 4.79 Å². The van der Waals surface area contributed by atoms with Crippen LogP contribution in [0.1, 0.15) is 33.6 Å². The number of aryl methyl sites for hydroxylation is 1. The second-order valence-corrected chi connectivity index (χ2v) is 8.59. The fraction of sp³-hybridized carbons (Fsp3) is 0.192. The molecule has 3 aromatic rings. The number of amides is 1. The highest BCUT2D eigenvalue weighted by molar-refractivity contribution is 7.16. The predicted molar refractivity (Wildman–Crippen MR) is 127 cm³/mol. The van der Waals surface area contributed by atoms with Gasteiger partial charge in [0.2, 0.25) is 0 Å². The highest BCUT2D eigenvalue weighted by atomic mass is 32.1. The van der Waals surface area contributed by atoms with Gasteiger partial charge in [-0.15, -0.1) is 11.3 Å². The van der Waals surface area contributed by atoms with Crippen LogP contribution in [-0.4, -0.2) is 13.0 Å². The highest BCUT2D eigenvalue weighted by Gasteiger charge is 2.24. The highest BCUT2D eigenvalue weighted by Crippen LogP contribution is 2.38. The van der Waals surface area contributed by atoms with Gasteiger partial charge in [-0.1, -0.05) is 36.4 Å². The molecule has 1 heterocycles. The lowest BCUT2D eigenvalue weighted by Crippen LogP contribution is -2.13. The summed E-state index contributed by atoms with van der Waals surface area (Å²) in [5.41, 5.74) is 3.13. The number of hydrogen-bond acceptors (Lipinski definition) is 6. The molecule has 1 N–H and O–H groups in total. The molecule has 0 radical (unpaired) electrons. The number of methoxy groups -OCH3 is 1. The molecule has 2 aromatic carbocycles. The number of ether oxygens (including phenoxy) is 2. The first-order chi connectivity index (χ1) is 16.1. The van der Waals surface area contributed by atoms with Crippen molar-refractivity contribution < 1.29 is 14.3 Å². The lowest BCUT2D eigenvalue weighted by molar-refractivity contribution is -0.112. The van der Waals surface area contributed by atoms with E-state index in [1.54, 1.807) is 18.2 Å². The normalized spacial score (nSPS) is 12.4. The molecule has 1 aliphatic carbocycles. The molecule has 0 unspecified atom stereocenters. The quantitative estimate of drug-likeness (QED) is 0.388. The zero-order valence-corrected chi connectivity index (χ0v) is 18.9. The third-order valence-electron chi connectivity index (χ3n) is 5.36. The molecule has 0 saturated carbocycles. The Kier molecular flexibility index (Phi) is 6.73. The van der Waals surface area contributed by atoms with E-state index in [4.69, 9.17) is 9.47 Å². The molecule has 0 spiro atoms. The van der Waals surface area contributed by atoms with Gasteiger partial charge in [-0.05, 0) is 54.2 Å². The van der Waals surface area contributed by atoms with Gasteiger partial charge in [0.15, 0.2) is 11.5 Å². The fourth-order valence-corrected chi connectivity index (χ4v) is 4.96. The maximum Gasteiger partial charge on any atom is 0.266 e. The van der Waals surface area contributed by atoms with E-state index in [2.05, 4.69) is 11.4 Å². The summed E-state index contributed by atoms with van der Waals surface area (Å²) in [5.74, 6) is 0.518. The lowest BCUT2D eigenvalue weighted by Gasteiger charge is -2.11. The molecule has 1 aliphatic rings. The Hall–Kier alpha value is -4.07. The molecule has 1 aromatic heterocycles. The first kappa shape index (κ1) is 22.1. The maximum absolute atomic E-state index is 12.8. The Labute approximate surface area is 196 Å². The van der Waals surface area contributed by atoms with Crippen LogP contribution >= 0.6 is 11.3 Å². The fourth-order valence-electron chi connectivity index (χ4n) is 3.72. The van der Waals surface area contributed by atoms with Gasteiger partial charge in [-0.25, -0.2) is 0 Å². The van der Waals surface area contributed by atoms with E-state index in [1.807, 2.05) is 36.4 Å². The maximum atomic E-state index is 12.8. The molecule has 0 saturated heterocycles. The zero-order valence-electron chi connectivity index (χ0n) is 18.1. The van der Waals surface area contributed by atoms with Crippen molar-refractivity contribution in [2.24, 2.45) is 0 Å². The summed E-state index contributed by atoms with van der Waals surface area (Å²) in [6.07, 6.45) is 4.29. The summed E-state index contributed by atoms with van der Waals surface area (Å²) in [6, 6.07) is 19.2. The number of benzene rings is 2.